The molecule has 0 atom stereocenters. The number of fused-ring (bicyclic) bond motifs is 2. The molecule has 29 heavy (non-hydrogen) atoms. The summed E-state index contributed by atoms with van der Waals surface area (Å²) in [4.78, 5) is 39.7. The number of aromatic nitrogens is 3. The largest absolute Gasteiger partial charge is 0.478 e. The van der Waals surface area contributed by atoms with E-state index in [4.69, 9.17) is 10.2 Å². The van der Waals surface area contributed by atoms with Crippen LogP contribution in [0.3, 0.4) is 0 Å². The molecule has 2 aromatic heterocycles. The predicted molar refractivity (Wildman–Crippen MR) is 106 cm³/mol. The first-order chi connectivity index (χ1) is 13.9. The van der Waals surface area contributed by atoms with Gasteiger partial charge in [-0.15, -0.1) is 0 Å². The number of rotatable bonds is 4. The van der Waals surface area contributed by atoms with Gasteiger partial charge in [0.2, 0.25) is 5.78 Å². The van der Waals surface area contributed by atoms with Crippen LogP contribution in [0.15, 0.2) is 42.6 Å². The molecule has 1 aliphatic rings. The van der Waals surface area contributed by atoms with Crippen molar-refractivity contribution >= 4 is 28.6 Å². The lowest BCUT2D eigenvalue weighted by Crippen LogP contribution is -2.03. The normalized spacial score (nSPS) is 13.0. The molecule has 0 bridgehead atoms. The number of carboxylic acids is 2. The average molecular weight is 395 g/mol. The Morgan fingerprint density at radius 3 is 2.38 bits per heavy atom. The van der Waals surface area contributed by atoms with Crippen molar-refractivity contribution in [2.75, 3.05) is 0 Å². The van der Waals surface area contributed by atoms with E-state index in [1.807, 2.05) is 42.1 Å². The highest BCUT2D eigenvalue weighted by Crippen LogP contribution is 2.24. The van der Waals surface area contributed by atoms with Crippen LogP contribution in [0.1, 0.15) is 40.4 Å². The third kappa shape index (κ3) is 4.60. The summed E-state index contributed by atoms with van der Waals surface area (Å²) in [7, 11) is 1.96. The minimum Gasteiger partial charge on any atom is -0.478 e. The molecule has 0 spiro atoms. The van der Waals surface area contributed by atoms with E-state index in [1.54, 1.807) is 0 Å². The molecule has 8 nitrogen and oxygen atoms in total. The molecule has 0 amide bonds. The Kier molecular flexibility index (Phi) is 5.92. The van der Waals surface area contributed by atoms with Crippen molar-refractivity contribution in [3.05, 3.63) is 65.4 Å². The Bertz CT molecular complexity index is 1070. The van der Waals surface area contributed by atoms with Crippen LogP contribution in [0.2, 0.25) is 0 Å². The number of para-hydroxylation sites is 1. The number of aliphatic carboxylic acids is 2. The lowest BCUT2D eigenvalue weighted by Gasteiger charge is -2.07. The van der Waals surface area contributed by atoms with Crippen LogP contribution in [0, 0.1) is 0 Å². The summed E-state index contributed by atoms with van der Waals surface area (Å²) in [5.41, 5.74) is 4.01. The highest BCUT2D eigenvalue weighted by molar-refractivity contribution is 6.14. The molecule has 0 saturated heterocycles. The van der Waals surface area contributed by atoms with Gasteiger partial charge in [0.25, 0.3) is 0 Å². The molecule has 8 heteroatoms. The van der Waals surface area contributed by atoms with Gasteiger partial charge in [0.1, 0.15) is 0 Å². The molecule has 0 radical (unpaired) electrons. The van der Waals surface area contributed by atoms with E-state index >= 15 is 0 Å². The molecule has 3 N–H and O–H groups in total. The number of hydrogen-bond donors (Lipinski definition) is 3. The maximum Gasteiger partial charge on any atom is 0.328 e. The van der Waals surface area contributed by atoms with Crippen LogP contribution >= 0.6 is 0 Å². The van der Waals surface area contributed by atoms with E-state index in [0.29, 0.717) is 18.0 Å². The molecule has 1 aromatic carbocycles. The summed E-state index contributed by atoms with van der Waals surface area (Å²) >= 11 is 0. The van der Waals surface area contributed by atoms with E-state index in [2.05, 4.69) is 9.97 Å². The number of ketones is 1. The van der Waals surface area contributed by atoms with Crippen LogP contribution in [0.4, 0.5) is 0 Å². The van der Waals surface area contributed by atoms with Crippen molar-refractivity contribution in [3.8, 4) is 0 Å². The van der Waals surface area contributed by atoms with Gasteiger partial charge in [-0.05, 0) is 31.7 Å². The van der Waals surface area contributed by atoms with Crippen molar-refractivity contribution in [1.82, 2.24) is 14.5 Å². The van der Waals surface area contributed by atoms with Crippen molar-refractivity contribution in [3.63, 3.8) is 0 Å². The summed E-state index contributed by atoms with van der Waals surface area (Å²) in [5.74, 6) is -2.04. The quantitative estimate of drug-likeness (QED) is 0.461. The molecule has 150 valence electrons. The molecule has 0 unspecified atom stereocenters. The second-order valence-corrected chi connectivity index (χ2v) is 6.73. The first-order valence-electron chi connectivity index (χ1n) is 9.17. The van der Waals surface area contributed by atoms with Gasteiger partial charge in [0.15, 0.2) is 5.82 Å². The monoisotopic (exact) mass is 395 g/mol. The maximum absolute atomic E-state index is 12.8. The zero-order chi connectivity index (χ0) is 21.0. The van der Waals surface area contributed by atoms with Crippen LogP contribution < -0.4 is 0 Å². The zero-order valence-corrected chi connectivity index (χ0v) is 15.9. The van der Waals surface area contributed by atoms with E-state index in [0.717, 1.165) is 40.7 Å². The molecule has 0 saturated carbocycles. The molecule has 4 rings (SSSR count). The second-order valence-electron chi connectivity index (χ2n) is 6.73. The molecule has 3 aromatic rings. The summed E-state index contributed by atoms with van der Waals surface area (Å²) in [6, 6.07) is 7.97. The Labute approximate surface area is 166 Å². The highest BCUT2D eigenvalue weighted by Gasteiger charge is 2.21. The van der Waals surface area contributed by atoms with Crippen molar-refractivity contribution in [1.29, 1.82) is 0 Å². The fourth-order valence-electron chi connectivity index (χ4n) is 3.35. The Hall–Kier alpha value is -3.68. The van der Waals surface area contributed by atoms with E-state index < -0.39 is 11.9 Å². The number of H-pyrrole nitrogens is 1. The van der Waals surface area contributed by atoms with Gasteiger partial charge in [-0.2, -0.15) is 0 Å². The third-order valence-electron chi connectivity index (χ3n) is 4.68. The fourth-order valence-corrected chi connectivity index (χ4v) is 3.35. The molecule has 0 fully saturated rings. The summed E-state index contributed by atoms with van der Waals surface area (Å²) < 4.78 is 1.99. The van der Waals surface area contributed by atoms with Gasteiger partial charge < -0.3 is 19.8 Å². The molecular formula is C21H21N3O5. The Morgan fingerprint density at radius 1 is 1.07 bits per heavy atom. The third-order valence-corrected chi connectivity index (χ3v) is 4.68. The van der Waals surface area contributed by atoms with Crippen molar-refractivity contribution in [2.24, 2.45) is 7.05 Å². The molecule has 1 aliphatic carbocycles. The minimum atomic E-state index is -1.26. The number of aromatic amines is 1. The number of imidazole rings is 1. The van der Waals surface area contributed by atoms with Crippen molar-refractivity contribution in [2.45, 2.75) is 25.7 Å². The van der Waals surface area contributed by atoms with Crippen molar-refractivity contribution < 1.29 is 24.6 Å². The van der Waals surface area contributed by atoms with Gasteiger partial charge in [-0.3, -0.25) is 4.79 Å². The molecule has 2 heterocycles. The molecular weight excluding hydrogens is 374 g/mol. The van der Waals surface area contributed by atoms with E-state index in [9.17, 15) is 14.4 Å². The average Bonchev–Trinajstić information content (AvgIpc) is 3.28. The van der Waals surface area contributed by atoms with Crippen LogP contribution in [0.25, 0.3) is 10.9 Å². The lowest BCUT2D eigenvalue weighted by atomic mass is 10.0. The van der Waals surface area contributed by atoms with Crippen LogP contribution in [-0.4, -0.2) is 42.5 Å². The minimum absolute atomic E-state index is 0.0128. The lowest BCUT2D eigenvalue weighted by molar-refractivity contribution is -0.134. The highest BCUT2D eigenvalue weighted by atomic mass is 16.4. The van der Waals surface area contributed by atoms with Crippen LogP contribution in [-0.2, 0) is 29.5 Å². The number of hydrogen-bond acceptors (Lipinski definition) is 4. The SMILES string of the molecule is Cn1cc(C(=O)c2nc3c([nH]2)CCCC3)c2ccccc21.O=C(O)/C=C/C(=O)O. The number of carbonyl (C=O) groups is 3. The van der Waals surface area contributed by atoms with E-state index in [-0.39, 0.29) is 5.78 Å². The number of benzene rings is 1. The standard InChI is InChI=1S/C17H17N3O.C4H4O4/c1-20-10-12(11-6-2-5-9-15(11)20)16(21)17-18-13-7-3-4-8-14(13)19-17;5-3(6)1-2-4(7)8/h2,5-6,9-10H,3-4,7-8H2,1H3,(H,18,19);1-2H,(H,5,6)(H,7,8)/b;2-1+. The Morgan fingerprint density at radius 2 is 1.72 bits per heavy atom. The number of nitrogens with one attached hydrogen (secondary N) is 1. The second kappa shape index (κ2) is 8.55. The number of nitrogens with zero attached hydrogens (tertiary/aromatic N) is 2. The zero-order valence-electron chi connectivity index (χ0n) is 15.9. The number of carboxylic acid groups (broad SMARTS) is 2. The summed E-state index contributed by atoms with van der Waals surface area (Å²) in [6.07, 6.45) is 7.34. The molecule has 0 aliphatic heterocycles. The fraction of sp³-hybridized carbons (Fsp3) is 0.238. The first-order valence-corrected chi connectivity index (χ1v) is 9.17. The van der Waals surface area contributed by atoms with Gasteiger partial charge >= 0.3 is 11.9 Å². The van der Waals surface area contributed by atoms with Crippen LogP contribution in [0.5, 0.6) is 0 Å². The van der Waals surface area contributed by atoms with Gasteiger partial charge in [0, 0.05) is 42.0 Å². The summed E-state index contributed by atoms with van der Waals surface area (Å²) in [6.45, 7) is 0. The van der Waals surface area contributed by atoms with Gasteiger partial charge in [-0.25, -0.2) is 14.6 Å². The van der Waals surface area contributed by atoms with E-state index in [1.165, 1.54) is 12.8 Å². The first kappa shape index (κ1) is 20.1. The van der Waals surface area contributed by atoms with Gasteiger partial charge in [-0.1, -0.05) is 18.2 Å². The Balaban J connectivity index is 0.000000258. The summed E-state index contributed by atoms with van der Waals surface area (Å²) in [5, 5.41) is 16.6. The predicted octanol–water partition coefficient (Wildman–Crippen LogP) is 2.72. The number of aryl methyl sites for hydroxylation is 3. The van der Waals surface area contributed by atoms with Gasteiger partial charge in [0.05, 0.1) is 11.3 Å². The smallest absolute Gasteiger partial charge is 0.328 e. The topological polar surface area (TPSA) is 125 Å². The maximum atomic E-state index is 12.8. The number of carbonyl (C=O) groups excluding carboxylic acids is 1.